The van der Waals surface area contributed by atoms with Crippen molar-refractivity contribution < 1.29 is 0 Å². The topological polar surface area (TPSA) is 4.93 Å². The zero-order valence-corrected chi connectivity index (χ0v) is 7.16. The van der Waals surface area contributed by atoms with Gasteiger partial charge in [-0.3, -0.25) is 0 Å². The van der Waals surface area contributed by atoms with E-state index in [1.165, 1.54) is 28.5 Å². The van der Waals surface area contributed by atoms with Crippen LogP contribution in [0.5, 0.6) is 0 Å². The first-order valence-corrected chi connectivity index (χ1v) is 4.57. The van der Waals surface area contributed by atoms with Crippen LogP contribution in [0, 0.1) is 13.8 Å². The van der Waals surface area contributed by atoms with Crippen molar-refractivity contribution in [2.45, 2.75) is 25.4 Å². The number of hydrogen-bond donors (Lipinski definition) is 0. The smallest absolute Gasteiger partial charge is 0.0781 e. The molecule has 0 bridgehead atoms. The summed E-state index contributed by atoms with van der Waals surface area (Å²) < 4.78 is 2.36. The predicted octanol–water partition coefficient (Wildman–Crippen LogP) is 2.21. The Hall–Kier alpha value is -0.370. The molecule has 54 valence electrons. The molecule has 0 amide bonds. The Bertz CT molecular complexity index is 262. The highest BCUT2D eigenvalue weighted by Crippen LogP contribution is 2.31. The molecule has 1 aliphatic rings. The molecule has 2 rings (SSSR count). The van der Waals surface area contributed by atoms with Crippen LogP contribution in [-0.4, -0.2) is 10.3 Å². The fraction of sp³-hybridized carbons (Fsp3) is 0.500. The molecule has 0 spiro atoms. The largest absolute Gasteiger partial charge is 0.341 e. The summed E-state index contributed by atoms with van der Waals surface area (Å²) >= 11 is 1.98. The monoisotopic (exact) mass is 153 g/mol. The van der Waals surface area contributed by atoms with Gasteiger partial charge in [0.1, 0.15) is 0 Å². The van der Waals surface area contributed by atoms with Crippen molar-refractivity contribution in [2.24, 2.45) is 0 Å². The molecule has 0 radical (unpaired) electrons. The Morgan fingerprint density at radius 1 is 1.50 bits per heavy atom. The molecule has 0 atom stereocenters. The first-order valence-electron chi connectivity index (χ1n) is 3.58. The Kier molecular flexibility index (Phi) is 1.31. The third-order valence-corrected chi connectivity index (χ3v) is 3.29. The number of thioether (sulfide) groups is 1. The minimum Gasteiger partial charge on any atom is -0.341 e. The van der Waals surface area contributed by atoms with Crippen LogP contribution < -0.4 is 0 Å². The molecule has 0 N–H and O–H groups in total. The number of aromatic nitrogens is 1. The van der Waals surface area contributed by atoms with E-state index in [0.717, 1.165) is 0 Å². The number of nitrogens with zero attached hydrogens (tertiary/aromatic N) is 1. The van der Waals surface area contributed by atoms with Crippen molar-refractivity contribution >= 4 is 11.8 Å². The van der Waals surface area contributed by atoms with Gasteiger partial charge in [0.05, 0.1) is 5.03 Å². The van der Waals surface area contributed by atoms with Gasteiger partial charge in [0.15, 0.2) is 0 Å². The fourth-order valence-corrected chi connectivity index (χ4v) is 2.54. The summed E-state index contributed by atoms with van der Waals surface area (Å²) in [6, 6.07) is 0. The van der Waals surface area contributed by atoms with Crippen LogP contribution in [0.1, 0.15) is 11.1 Å². The highest BCUT2D eigenvalue weighted by molar-refractivity contribution is 7.99. The quantitative estimate of drug-likeness (QED) is 0.553. The highest BCUT2D eigenvalue weighted by Gasteiger charge is 2.14. The SMILES string of the molecule is Cc1cn2c(c1C)SCC2. The van der Waals surface area contributed by atoms with Crippen LogP contribution in [0.3, 0.4) is 0 Å². The first kappa shape index (κ1) is 6.35. The van der Waals surface area contributed by atoms with Crippen LogP contribution in [0.4, 0.5) is 0 Å². The van der Waals surface area contributed by atoms with Crippen LogP contribution in [0.25, 0.3) is 0 Å². The molecule has 0 saturated heterocycles. The van der Waals surface area contributed by atoms with Gasteiger partial charge in [0.25, 0.3) is 0 Å². The van der Waals surface area contributed by atoms with Crippen LogP contribution in [0.2, 0.25) is 0 Å². The molecule has 10 heavy (non-hydrogen) atoms. The van der Waals surface area contributed by atoms with Crippen molar-refractivity contribution in [3.8, 4) is 0 Å². The summed E-state index contributed by atoms with van der Waals surface area (Å²) in [5.41, 5.74) is 2.91. The molecule has 1 aliphatic heterocycles. The van der Waals surface area contributed by atoms with Crippen LogP contribution in [-0.2, 0) is 6.54 Å². The Morgan fingerprint density at radius 3 is 3.00 bits per heavy atom. The van der Waals surface area contributed by atoms with Crippen molar-refractivity contribution in [1.29, 1.82) is 0 Å². The Morgan fingerprint density at radius 2 is 2.30 bits per heavy atom. The van der Waals surface area contributed by atoms with Crippen molar-refractivity contribution in [3.05, 3.63) is 17.3 Å². The first-order chi connectivity index (χ1) is 4.79. The number of fused-ring (bicyclic) bond motifs is 1. The van der Waals surface area contributed by atoms with E-state index in [1.54, 1.807) is 0 Å². The summed E-state index contributed by atoms with van der Waals surface area (Å²) in [5, 5.41) is 1.48. The summed E-state index contributed by atoms with van der Waals surface area (Å²) in [6.45, 7) is 5.59. The summed E-state index contributed by atoms with van der Waals surface area (Å²) in [4.78, 5) is 0. The van der Waals surface area contributed by atoms with E-state index in [1.807, 2.05) is 11.8 Å². The molecular formula is C8H11NS. The lowest BCUT2D eigenvalue weighted by atomic mass is 10.2. The van der Waals surface area contributed by atoms with Crippen molar-refractivity contribution in [2.75, 3.05) is 5.75 Å². The van der Waals surface area contributed by atoms with Crippen LogP contribution >= 0.6 is 11.8 Å². The van der Waals surface area contributed by atoms with Gasteiger partial charge in [0, 0.05) is 18.5 Å². The van der Waals surface area contributed by atoms with Gasteiger partial charge in [-0.2, -0.15) is 0 Å². The maximum atomic E-state index is 2.36. The average Bonchev–Trinajstić information content (AvgIpc) is 2.41. The van der Waals surface area contributed by atoms with Gasteiger partial charge >= 0.3 is 0 Å². The maximum absolute atomic E-state index is 2.36. The van der Waals surface area contributed by atoms with Crippen molar-refractivity contribution in [3.63, 3.8) is 0 Å². The van der Waals surface area contributed by atoms with Crippen molar-refractivity contribution in [1.82, 2.24) is 4.57 Å². The molecule has 0 unspecified atom stereocenters. The van der Waals surface area contributed by atoms with Gasteiger partial charge in [0.2, 0.25) is 0 Å². The normalized spacial score (nSPS) is 15.8. The molecule has 0 aromatic carbocycles. The number of aryl methyl sites for hydroxylation is 2. The fourth-order valence-electron chi connectivity index (χ4n) is 1.37. The predicted molar refractivity (Wildman–Crippen MR) is 44.6 cm³/mol. The second-order valence-electron chi connectivity index (χ2n) is 2.78. The molecule has 0 saturated carbocycles. The van der Waals surface area contributed by atoms with Gasteiger partial charge in [-0.1, -0.05) is 0 Å². The van der Waals surface area contributed by atoms with E-state index in [-0.39, 0.29) is 0 Å². The minimum absolute atomic E-state index is 1.20. The maximum Gasteiger partial charge on any atom is 0.0781 e. The second-order valence-corrected chi connectivity index (χ2v) is 3.87. The molecule has 1 aromatic rings. The van der Waals surface area contributed by atoms with E-state index in [0.29, 0.717) is 0 Å². The van der Waals surface area contributed by atoms with E-state index in [2.05, 4.69) is 24.6 Å². The number of hydrogen-bond acceptors (Lipinski definition) is 1. The van der Waals surface area contributed by atoms with E-state index < -0.39 is 0 Å². The molecule has 1 aromatic heterocycles. The lowest BCUT2D eigenvalue weighted by Crippen LogP contribution is -1.88. The Labute approximate surface area is 65.4 Å². The van der Waals surface area contributed by atoms with E-state index in [9.17, 15) is 0 Å². The van der Waals surface area contributed by atoms with E-state index >= 15 is 0 Å². The zero-order valence-electron chi connectivity index (χ0n) is 6.35. The van der Waals surface area contributed by atoms with E-state index in [4.69, 9.17) is 0 Å². The highest BCUT2D eigenvalue weighted by atomic mass is 32.2. The van der Waals surface area contributed by atoms with Crippen LogP contribution in [0.15, 0.2) is 11.2 Å². The molecule has 0 fully saturated rings. The van der Waals surface area contributed by atoms with Gasteiger partial charge in [-0.25, -0.2) is 0 Å². The zero-order chi connectivity index (χ0) is 7.14. The Balaban J connectivity index is 2.59. The summed E-state index contributed by atoms with van der Waals surface area (Å²) in [6.07, 6.45) is 2.25. The lowest BCUT2D eigenvalue weighted by Gasteiger charge is -1.92. The standard InChI is InChI=1S/C8H11NS/c1-6-5-9-3-4-10-8(9)7(6)2/h5H,3-4H2,1-2H3. The third kappa shape index (κ3) is 0.717. The van der Waals surface area contributed by atoms with Gasteiger partial charge in [-0.15, -0.1) is 11.8 Å². The minimum atomic E-state index is 1.20. The average molecular weight is 153 g/mol. The third-order valence-electron chi connectivity index (χ3n) is 2.09. The molecule has 2 heterocycles. The second kappa shape index (κ2) is 2.06. The van der Waals surface area contributed by atoms with Gasteiger partial charge in [-0.05, 0) is 25.0 Å². The van der Waals surface area contributed by atoms with Gasteiger partial charge < -0.3 is 4.57 Å². The lowest BCUT2D eigenvalue weighted by molar-refractivity contribution is 0.736. The number of rotatable bonds is 0. The summed E-state index contributed by atoms with van der Waals surface area (Å²) in [7, 11) is 0. The molecule has 0 aliphatic carbocycles. The molecule has 1 nitrogen and oxygen atoms in total. The summed E-state index contributed by atoms with van der Waals surface area (Å²) in [5.74, 6) is 1.26. The molecule has 2 heteroatoms. The molecular weight excluding hydrogens is 142 g/mol.